The first kappa shape index (κ1) is 17.5. The standard InChI is InChI=1S/C11H8ClF3N.BF4/c1-16-5-4-9(12)8-3-2-7(6-10(8)16)11(13,14)15;2-1(3,4)5/h2-6H,1H3;/q+1;-1. The molecule has 1 aromatic heterocycles. The van der Waals surface area contributed by atoms with Gasteiger partial charge in [0.25, 0.3) is 0 Å². The van der Waals surface area contributed by atoms with Crippen molar-refractivity contribution in [2.45, 2.75) is 6.18 Å². The molecule has 0 radical (unpaired) electrons. The van der Waals surface area contributed by atoms with Crippen LogP contribution < -0.4 is 4.57 Å². The number of rotatable bonds is 0. The Labute approximate surface area is 120 Å². The zero-order valence-electron chi connectivity index (χ0n) is 10.4. The molecule has 1 aromatic carbocycles. The van der Waals surface area contributed by atoms with Crippen molar-refractivity contribution < 1.29 is 35.0 Å². The fourth-order valence-electron chi connectivity index (χ4n) is 1.55. The number of halogens is 8. The molecule has 1 nitrogen and oxygen atoms in total. The fourth-order valence-corrected chi connectivity index (χ4v) is 1.77. The SMILES string of the molecule is C[n+]1ccc(Cl)c2ccc(C(F)(F)F)cc21.F[B-](F)(F)F. The Kier molecular flexibility index (Phi) is 5.09. The highest BCUT2D eigenvalue weighted by Crippen LogP contribution is 2.31. The summed E-state index contributed by atoms with van der Waals surface area (Å²) < 4.78 is 78.1. The molecule has 0 spiro atoms. The summed E-state index contributed by atoms with van der Waals surface area (Å²) in [6, 6.07) is 5.17. The minimum absolute atomic E-state index is 0.446. The van der Waals surface area contributed by atoms with Crippen molar-refractivity contribution in [1.29, 1.82) is 0 Å². The lowest BCUT2D eigenvalue weighted by Crippen LogP contribution is -2.28. The van der Waals surface area contributed by atoms with Crippen LogP contribution in [0.3, 0.4) is 0 Å². The van der Waals surface area contributed by atoms with Gasteiger partial charge in [-0.05, 0) is 12.1 Å². The van der Waals surface area contributed by atoms with Crippen molar-refractivity contribution in [3.8, 4) is 0 Å². The summed E-state index contributed by atoms with van der Waals surface area (Å²) in [5.74, 6) is 0. The number of benzene rings is 1. The van der Waals surface area contributed by atoms with Crippen molar-refractivity contribution in [2.24, 2.45) is 7.05 Å². The van der Waals surface area contributed by atoms with Gasteiger partial charge in [-0.25, -0.2) is 4.57 Å². The van der Waals surface area contributed by atoms with Crippen LogP contribution in [-0.4, -0.2) is 7.25 Å². The summed E-state index contributed by atoms with van der Waals surface area (Å²) >= 11 is 5.90. The molecule has 21 heavy (non-hydrogen) atoms. The van der Waals surface area contributed by atoms with Crippen LogP contribution in [-0.2, 0) is 13.2 Å². The number of pyridine rings is 1. The molecule has 0 aliphatic carbocycles. The molecular weight excluding hydrogens is 325 g/mol. The highest BCUT2D eigenvalue weighted by atomic mass is 35.5. The molecule has 2 rings (SSSR count). The van der Waals surface area contributed by atoms with Gasteiger partial charge in [0.05, 0.1) is 16.0 Å². The van der Waals surface area contributed by atoms with Gasteiger partial charge in [0.15, 0.2) is 6.20 Å². The second-order valence-corrected chi connectivity index (χ2v) is 4.41. The van der Waals surface area contributed by atoms with E-state index in [0.29, 0.717) is 15.9 Å². The van der Waals surface area contributed by atoms with Gasteiger partial charge in [-0.1, -0.05) is 11.6 Å². The molecule has 0 saturated heterocycles. The van der Waals surface area contributed by atoms with E-state index in [1.807, 2.05) is 0 Å². The van der Waals surface area contributed by atoms with E-state index in [1.54, 1.807) is 23.9 Å². The van der Waals surface area contributed by atoms with Gasteiger partial charge in [-0.2, -0.15) is 13.2 Å². The normalized spacial score (nSPS) is 12.0. The van der Waals surface area contributed by atoms with Crippen LogP contribution in [0.5, 0.6) is 0 Å². The maximum absolute atomic E-state index is 12.5. The minimum atomic E-state index is -6.00. The highest BCUT2D eigenvalue weighted by molar-refractivity contribution is 6.50. The van der Waals surface area contributed by atoms with Crippen molar-refractivity contribution in [2.75, 3.05) is 0 Å². The zero-order valence-corrected chi connectivity index (χ0v) is 11.2. The summed E-state index contributed by atoms with van der Waals surface area (Å²) in [5.41, 5.74) is -0.208. The highest BCUT2D eigenvalue weighted by Gasteiger charge is 2.31. The van der Waals surface area contributed by atoms with E-state index in [9.17, 15) is 30.4 Å². The van der Waals surface area contributed by atoms with Gasteiger partial charge in [0.1, 0.15) is 7.05 Å². The predicted molar refractivity (Wildman–Crippen MR) is 65.3 cm³/mol. The minimum Gasteiger partial charge on any atom is -0.418 e. The molecule has 0 aliphatic rings. The van der Waals surface area contributed by atoms with Crippen LogP contribution in [0.1, 0.15) is 5.56 Å². The molecule has 2 aromatic rings. The van der Waals surface area contributed by atoms with Gasteiger partial charge in [-0.3, -0.25) is 0 Å². The predicted octanol–water partition coefficient (Wildman–Crippen LogP) is 4.64. The Morgan fingerprint density at radius 3 is 2.05 bits per heavy atom. The largest absolute Gasteiger partial charge is 0.673 e. The van der Waals surface area contributed by atoms with E-state index in [1.165, 1.54) is 6.07 Å². The first-order valence-corrected chi connectivity index (χ1v) is 5.80. The van der Waals surface area contributed by atoms with Gasteiger partial charge < -0.3 is 17.3 Å². The number of fused-ring (bicyclic) bond motifs is 1. The van der Waals surface area contributed by atoms with Crippen LogP contribution in [0.25, 0.3) is 10.9 Å². The summed E-state index contributed by atoms with van der Waals surface area (Å²) in [6.45, 7) is 0. The van der Waals surface area contributed by atoms with Crippen molar-refractivity contribution in [1.82, 2.24) is 0 Å². The molecule has 0 unspecified atom stereocenters. The summed E-state index contributed by atoms with van der Waals surface area (Å²) in [4.78, 5) is 0. The van der Waals surface area contributed by atoms with Gasteiger partial charge in [-0.15, -0.1) is 0 Å². The average Bonchev–Trinajstić information content (AvgIpc) is 2.30. The maximum atomic E-state index is 12.5. The van der Waals surface area contributed by atoms with Gasteiger partial charge in [0, 0.05) is 12.1 Å². The van der Waals surface area contributed by atoms with Gasteiger partial charge >= 0.3 is 13.4 Å². The van der Waals surface area contributed by atoms with Crippen LogP contribution in [0.15, 0.2) is 30.5 Å². The van der Waals surface area contributed by atoms with Crippen molar-refractivity contribution in [3.05, 3.63) is 41.0 Å². The molecule has 0 saturated carbocycles. The molecule has 0 N–H and O–H groups in total. The molecule has 116 valence electrons. The van der Waals surface area contributed by atoms with E-state index < -0.39 is 19.0 Å². The Bertz CT molecular complexity index is 633. The van der Waals surface area contributed by atoms with Crippen molar-refractivity contribution in [3.63, 3.8) is 0 Å². The quantitative estimate of drug-likeness (QED) is 0.376. The number of aryl methyl sites for hydroxylation is 1. The van der Waals surface area contributed by atoms with Crippen LogP contribution in [0.4, 0.5) is 30.4 Å². The zero-order chi connectivity index (χ0) is 16.4. The Morgan fingerprint density at radius 1 is 1.05 bits per heavy atom. The lowest BCUT2D eigenvalue weighted by atomic mass is 10.1. The monoisotopic (exact) mass is 333 g/mol. The second-order valence-electron chi connectivity index (χ2n) is 4.00. The summed E-state index contributed by atoms with van der Waals surface area (Å²) in [6.07, 6.45) is -2.70. The lowest BCUT2D eigenvalue weighted by Gasteiger charge is -2.06. The molecule has 0 fully saturated rings. The van der Waals surface area contributed by atoms with E-state index in [4.69, 9.17) is 11.6 Å². The van der Waals surface area contributed by atoms with Crippen LogP contribution in [0.2, 0.25) is 5.02 Å². The maximum Gasteiger partial charge on any atom is 0.673 e. The first-order valence-electron chi connectivity index (χ1n) is 5.42. The third-order valence-corrected chi connectivity index (χ3v) is 2.74. The Balaban J connectivity index is 0.000000383. The fraction of sp³-hybridized carbons (Fsp3) is 0.182. The van der Waals surface area contributed by atoms with Crippen LogP contribution in [0, 0.1) is 0 Å². The third kappa shape index (κ3) is 5.41. The van der Waals surface area contributed by atoms with E-state index in [-0.39, 0.29) is 0 Å². The van der Waals surface area contributed by atoms with E-state index >= 15 is 0 Å². The second kappa shape index (κ2) is 6.09. The summed E-state index contributed by atoms with van der Waals surface area (Å²) in [7, 11) is -4.32. The molecule has 1 heterocycles. The van der Waals surface area contributed by atoms with Crippen LogP contribution >= 0.6 is 11.6 Å². The Morgan fingerprint density at radius 2 is 1.57 bits per heavy atom. The smallest absolute Gasteiger partial charge is 0.418 e. The van der Waals surface area contributed by atoms with E-state index in [2.05, 4.69) is 0 Å². The third-order valence-electron chi connectivity index (χ3n) is 2.41. The van der Waals surface area contributed by atoms with Gasteiger partial charge in [0.2, 0.25) is 5.52 Å². The number of aromatic nitrogens is 1. The number of hydrogen-bond acceptors (Lipinski definition) is 0. The van der Waals surface area contributed by atoms with E-state index in [0.717, 1.165) is 12.1 Å². The molecule has 0 bridgehead atoms. The molecule has 0 amide bonds. The molecular formula is C11H8BClF7N. The molecule has 10 heteroatoms. The van der Waals surface area contributed by atoms with Crippen molar-refractivity contribution >= 4 is 29.8 Å². The number of nitrogens with zero attached hydrogens (tertiary/aromatic N) is 1. The molecule has 0 atom stereocenters. The lowest BCUT2D eigenvalue weighted by molar-refractivity contribution is -0.644. The number of hydrogen-bond donors (Lipinski definition) is 0. The topological polar surface area (TPSA) is 3.88 Å². The first-order chi connectivity index (χ1) is 9.39. The number of alkyl halides is 3. The molecule has 0 aliphatic heterocycles. The average molecular weight is 333 g/mol. The Hall–Kier alpha value is -1.51. The summed E-state index contributed by atoms with van der Waals surface area (Å²) in [5, 5.41) is 1.06.